The lowest BCUT2D eigenvalue weighted by Gasteiger charge is -2.30. The summed E-state index contributed by atoms with van der Waals surface area (Å²) in [6, 6.07) is 11.6. The van der Waals surface area contributed by atoms with E-state index in [-0.39, 0.29) is 24.6 Å². The molecule has 1 aliphatic heterocycles. The molecule has 146 valence electrons. The molecule has 0 atom stereocenters. The highest BCUT2D eigenvalue weighted by atomic mass is 19.1. The smallest absolute Gasteiger partial charge is 0.248 e. The first kappa shape index (κ1) is 18.5. The van der Waals surface area contributed by atoms with Crippen molar-refractivity contribution in [3.63, 3.8) is 0 Å². The summed E-state index contributed by atoms with van der Waals surface area (Å²) in [6.45, 7) is -0.0216. The highest BCUT2D eigenvalue weighted by Gasteiger charge is 2.25. The summed E-state index contributed by atoms with van der Waals surface area (Å²) in [4.78, 5) is 29.4. The number of nitrogens with two attached hydrogens (primary N) is 1. The van der Waals surface area contributed by atoms with Gasteiger partial charge in [0.1, 0.15) is 11.6 Å². The average molecular weight is 394 g/mol. The van der Waals surface area contributed by atoms with Crippen LogP contribution < -0.4 is 16.0 Å². The lowest BCUT2D eigenvalue weighted by molar-refractivity contribution is -0.115. The van der Waals surface area contributed by atoms with Gasteiger partial charge in [-0.2, -0.15) is 0 Å². The monoisotopic (exact) mass is 394 g/mol. The lowest BCUT2D eigenvalue weighted by Crippen LogP contribution is -2.38. The van der Waals surface area contributed by atoms with Crippen molar-refractivity contribution in [2.45, 2.75) is 6.54 Å². The van der Waals surface area contributed by atoms with Gasteiger partial charge >= 0.3 is 0 Å². The normalized spacial score (nSPS) is 13.0. The van der Waals surface area contributed by atoms with Crippen LogP contribution in [0, 0.1) is 11.6 Å². The Kier molecular flexibility index (Phi) is 4.67. The van der Waals surface area contributed by atoms with Crippen LogP contribution in [0.25, 0.3) is 11.1 Å². The molecular formula is C21H16F2N4O2. The molecule has 1 aliphatic rings. The highest BCUT2D eigenvalue weighted by Crippen LogP contribution is 2.32. The Bertz CT molecular complexity index is 1120. The fraction of sp³-hybridized carbons (Fsp3) is 0.0952. The summed E-state index contributed by atoms with van der Waals surface area (Å²) < 4.78 is 27.5. The second kappa shape index (κ2) is 7.31. The molecule has 0 fully saturated rings. The van der Waals surface area contributed by atoms with Crippen molar-refractivity contribution in [2.75, 3.05) is 16.8 Å². The Morgan fingerprint density at radius 3 is 2.59 bits per heavy atom. The van der Waals surface area contributed by atoms with Crippen molar-refractivity contribution in [1.29, 1.82) is 0 Å². The topological polar surface area (TPSA) is 88.3 Å². The quantitative estimate of drug-likeness (QED) is 0.712. The minimum Gasteiger partial charge on any atom is -0.366 e. The van der Waals surface area contributed by atoms with Crippen LogP contribution in [-0.4, -0.2) is 23.3 Å². The number of rotatable bonds is 4. The Morgan fingerprint density at radius 1 is 1.10 bits per heavy atom. The Morgan fingerprint density at radius 2 is 1.86 bits per heavy atom. The maximum absolute atomic E-state index is 14.0. The van der Waals surface area contributed by atoms with E-state index in [0.29, 0.717) is 17.1 Å². The Balaban J connectivity index is 1.66. The molecule has 2 heterocycles. The standard InChI is InChI=1S/C21H16F2N4O2/c22-16-5-6-17(23)15(7-16)10-27-11-19(28)26-18-8-14(9-25-21(18)27)12-1-3-13(4-2-12)20(24)29/h1-9H,10-11H2,(H2,24,29)(H,26,28). The van der Waals surface area contributed by atoms with Gasteiger partial charge in [-0.15, -0.1) is 0 Å². The SMILES string of the molecule is NC(=O)c1ccc(-c2cnc3c(c2)NC(=O)CN3Cc2cc(F)ccc2F)cc1. The van der Waals surface area contributed by atoms with Gasteiger partial charge in [-0.05, 0) is 42.0 Å². The van der Waals surface area contributed by atoms with Crippen molar-refractivity contribution in [3.8, 4) is 11.1 Å². The fourth-order valence-electron chi connectivity index (χ4n) is 3.23. The van der Waals surface area contributed by atoms with E-state index < -0.39 is 17.5 Å². The van der Waals surface area contributed by atoms with E-state index in [1.54, 1.807) is 41.4 Å². The van der Waals surface area contributed by atoms with Gasteiger partial charge in [0.2, 0.25) is 11.8 Å². The van der Waals surface area contributed by atoms with E-state index in [1.165, 1.54) is 0 Å². The Labute approximate surface area is 165 Å². The van der Waals surface area contributed by atoms with Gasteiger partial charge in [-0.25, -0.2) is 13.8 Å². The van der Waals surface area contributed by atoms with E-state index >= 15 is 0 Å². The maximum Gasteiger partial charge on any atom is 0.248 e. The summed E-state index contributed by atoms with van der Waals surface area (Å²) in [5.74, 6) is -1.44. The zero-order valence-electron chi connectivity index (χ0n) is 15.2. The number of nitrogens with one attached hydrogen (secondary N) is 1. The van der Waals surface area contributed by atoms with Crippen molar-refractivity contribution in [1.82, 2.24) is 4.98 Å². The van der Waals surface area contributed by atoms with Crippen molar-refractivity contribution < 1.29 is 18.4 Å². The molecule has 29 heavy (non-hydrogen) atoms. The third-order valence-electron chi connectivity index (χ3n) is 4.65. The molecule has 0 radical (unpaired) electrons. The van der Waals surface area contributed by atoms with E-state index in [1.807, 2.05) is 0 Å². The number of fused-ring (bicyclic) bond motifs is 1. The minimum absolute atomic E-state index is 0.00364. The summed E-state index contributed by atoms with van der Waals surface area (Å²) in [5, 5.41) is 2.76. The highest BCUT2D eigenvalue weighted by molar-refractivity contribution is 6.01. The second-order valence-electron chi connectivity index (χ2n) is 6.68. The summed E-state index contributed by atoms with van der Waals surface area (Å²) in [5.41, 5.74) is 7.75. The number of hydrogen-bond acceptors (Lipinski definition) is 4. The number of carbonyl (C=O) groups excluding carboxylic acids is 2. The fourth-order valence-corrected chi connectivity index (χ4v) is 3.23. The molecule has 0 bridgehead atoms. The number of pyridine rings is 1. The van der Waals surface area contributed by atoms with Gasteiger partial charge in [0.15, 0.2) is 5.82 Å². The van der Waals surface area contributed by atoms with Crippen molar-refractivity contribution in [3.05, 3.63) is 77.5 Å². The van der Waals surface area contributed by atoms with E-state index in [0.717, 1.165) is 29.3 Å². The zero-order chi connectivity index (χ0) is 20.5. The number of hydrogen-bond donors (Lipinski definition) is 2. The predicted molar refractivity (Wildman–Crippen MR) is 104 cm³/mol. The van der Waals surface area contributed by atoms with E-state index in [9.17, 15) is 18.4 Å². The largest absolute Gasteiger partial charge is 0.366 e. The molecular weight excluding hydrogens is 378 g/mol. The van der Waals surface area contributed by atoms with Crippen LogP contribution >= 0.6 is 0 Å². The molecule has 0 aliphatic carbocycles. The van der Waals surface area contributed by atoms with Crippen LogP contribution in [0.5, 0.6) is 0 Å². The van der Waals surface area contributed by atoms with Crippen LogP contribution in [0.3, 0.4) is 0 Å². The number of carbonyl (C=O) groups is 2. The van der Waals surface area contributed by atoms with Crippen LogP contribution in [0.2, 0.25) is 0 Å². The number of aromatic nitrogens is 1. The molecule has 3 aromatic rings. The Hall–Kier alpha value is -3.81. The van der Waals surface area contributed by atoms with Gasteiger partial charge in [-0.1, -0.05) is 12.1 Å². The predicted octanol–water partition coefficient (Wildman–Crippen LogP) is 3.08. The van der Waals surface area contributed by atoms with Crippen LogP contribution in [-0.2, 0) is 11.3 Å². The van der Waals surface area contributed by atoms with Gasteiger partial charge in [0.25, 0.3) is 0 Å². The lowest BCUT2D eigenvalue weighted by atomic mass is 10.0. The molecule has 0 saturated heterocycles. The average Bonchev–Trinajstić information content (AvgIpc) is 2.70. The maximum atomic E-state index is 14.0. The molecule has 2 amide bonds. The van der Waals surface area contributed by atoms with E-state index in [2.05, 4.69) is 10.3 Å². The first-order valence-electron chi connectivity index (χ1n) is 8.80. The minimum atomic E-state index is -0.551. The van der Waals surface area contributed by atoms with Gasteiger partial charge < -0.3 is 16.0 Å². The molecule has 8 heteroatoms. The van der Waals surface area contributed by atoms with Gasteiger partial charge in [-0.3, -0.25) is 9.59 Å². The van der Waals surface area contributed by atoms with Crippen LogP contribution in [0.1, 0.15) is 15.9 Å². The first-order valence-corrected chi connectivity index (χ1v) is 8.80. The number of primary amides is 1. The molecule has 0 spiro atoms. The van der Waals surface area contributed by atoms with Gasteiger partial charge in [0.05, 0.1) is 12.2 Å². The van der Waals surface area contributed by atoms with Crippen molar-refractivity contribution >= 4 is 23.3 Å². The van der Waals surface area contributed by atoms with E-state index in [4.69, 9.17) is 5.73 Å². The molecule has 4 rings (SSSR count). The number of nitrogens with zero attached hydrogens (tertiary/aromatic N) is 2. The third-order valence-corrected chi connectivity index (χ3v) is 4.65. The summed E-state index contributed by atoms with van der Waals surface area (Å²) in [6.07, 6.45) is 1.62. The third kappa shape index (κ3) is 3.77. The molecule has 6 nitrogen and oxygen atoms in total. The zero-order valence-corrected chi connectivity index (χ0v) is 15.2. The van der Waals surface area contributed by atoms with Gasteiger partial charge in [0, 0.05) is 29.4 Å². The van der Waals surface area contributed by atoms with Crippen LogP contribution in [0.4, 0.5) is 20.3 Å². The number of benzene rings is 2. The number of amides is 2. The summed E-state index contributed by atoms with van der Waals surface area (Å²) >= 11 is 0. The van der Waals surface area contributed by atoms with Crippen molar-refractivity contribution in [2.24, 2.45) is 5.73 Å². The first-order chi connectivity index (χ1) is 13.9. The van der Waals surface area contributed by atoms with Crippen LogP contribution in [0.15, 0.2) is 54.7 Å². The molecule has 0 unspecified atom stereocenters. The summed E-state index contributed by atoms with van der Waals surface area (Å²) in [7, 11) is 0. The number of halogens is 2. The molecule has 2 aromatic carbocycles. The molecule has 1 aromatic heterocycles. The second-order valence-corrected chi connectivity index (χ2v) is 6.68. The number of anilines is 2. The molecule has 3 N–H and O–H groups in total. The molecule has 0 saturated carbocycles.